The maximum Gasteiger partial charge on any atom is 0.260 e. The summed E-state index contributed by atoms with van der Waals surface area (Å²) in [5.74, 6) is -0.193. The number of benzene rings is 1. The van der Waals surface area contributed by atoms with Gasteiger partial charge in [0.1, 0.15) is 0 Å². The van der Waals surface area contributed by atoms with Crippen LogP contribution in [-0.4, -0.2) is 40.9 Å². The summed E-state index contributed by atoms with van der Waals surface area (Å²) in [4.78, 5) is 24.6. The van der Waals surface area contributed by atoms with E-state index in [1.807, 2.05) is 19.9 Å². The van der Waals surface area contributed by atoms with E-state index < -0.39 is 16.8 Å². The molecular weight excluding hydrogens is 391 g/mol. The van der Waals surface area contributed by atoms with Crippen LogP contribution in [0.2, 0.25) is 0 Å². The number of nitrogens with zero attached hydrogens (tertiary/aromatic N) is 2. The Balaban J connectivity index is 2.14. The van der Waals surface area contributed by atoms with E-state index in [4.69, 9.17) is 33.5 Å². The number of rotatable bonds is 8. The lowest BCUT2D eigenvalue weighted by Crippen LogP contribution is -2.47. The average Bonchev–Trinajstić information content (AvgIpc) is 3.18. The SMILES string of the molecule is CC(C)[C@H](N)C(=O)NCCN(C(=O)C(Cl)Cl)c1cccc(-c2ccno2)c1. The third kappa shape index (κ3) is 5.69. The van der Waals surface area contributed by atoms with E-state index in [0.29, 0.717) is 11.4 Å². The number of nitrogens with one attached hydrogen (secondary N) is 1. The largest absolute Gasteiger partial charge is 0.356 e. The molecule has 146 valence electrons. The fourth-order valence-electron chi connectivity index (χ4n) is 2.39. The van der Waals surface area contributed by atoms with E-state index >= 15 is 0 Å². The lowest BCUT2D eigenvalue weighted by molar-refractivity contribution is -0.123. The zero-order chi connectivity index (χ0) is 20.0. The van der Waals surface area contributed by atoms with Gasteiger partial charge in [0.15, 0.2) is 10.6 Å². The summed E-state index contributed by atoms with van der Waals surface area (Å²) in [5, 5.41) is 6.41. The highest BCUT2D eigenvalue weighted by Gasteiger charge is 2.23. The van der Waals surface area contributed by atoms with Gasteiger partial charge in [-0.15, -0.1) is 0 Å². The number of alkyl halides is 2. The summed E-state index contributed by atoms with van der Waals surface area (Å²) in [7, 11) is 0. The van der Waals surface area contributed by atoms with Crippen molar-refractivity contribution in [1.29, 1.82) is 0 Å². The molecular formula is C18H22Cl2N4O3. The minimum Gasteiger partial charge on any atom is -0.356 e. The first-order valence-electron chi connectivity index (χ1n) is 8.45. The van der Waals surface area contributed by atoms with Crippen molar-refractivity contribution in [2.75, 3.05) is 18.0 Å². The van der Waals surface area contributed by atoms with Crippen molar-refractivity contribution in [2.24, 2.45) is 11.7 Å². The summed E-state index contributed by atoms with van der Waals surface area (Å²) in [6.07, 6.45) is 1.53. The number of amides is 2. The Morgan fingerprint density at radius 3 is 2.63 bits per heavy atom. The molecule has 3 N–H and O–H groups in total. The Hall–Kier alpha value is -2.09. The summed E-state index contributed by atoms with van der Waals surface area (Å²) < 4.78 is 5.15. The Kier molecular flexibility index (Phi) is 7.65. The zero-order valence-electron chi connectivity index (χ0n) is 15.1. The van der Waals surface area contributed by atoms with Crippen LogP contribution < -0.4 is 16.0 Å². The number of carbonyl (C=O) groups excluding carboxylic acids is 2. The molecule has 0 aliphatic heterocycles. The molecule has 0 saturated carbocycles. The van der Waals surface area contributed by atoms with Gasteiger partial charge in [0, 0.05) is 30.4 Å². The molecule has 0 saturated heterocycles. The number of hydrogen-bond acceptors (Lipinski definition) is 5. The van der Waals surface area contributed by atoms with Crippen LogP contribution in [0.1, 0.15) is 13.8 Å². The number of anilines is 1. The average molecular weight is 413 g/mol. The van der Waals surface area contributed by atoms with Gasteiger partial charge in [0.25, 0.3) is 5.91 Å². The fraction of sp³-hybridized carbons (Fsp3) is 0.389. The molecule has 0 bridgehead atoms. The smallest absolute Gasteiger partial charge is 0.260 e. The highest BCUT2D eigenvalue weighted by molar-refractivity contribution is 6.54. The first-order valence-corrected chi connectivity index (χ1v) is 9.32. The van der Waals surface area contributed by atoms with Gasteiger partial charge in [-0.1, -0.05) is 54.3 Å². The van der Waals surface area contributed by atoms with Crippen LogP contribution in [0.15, 0.2) is 41.1 Å². The van der Waals surface area contributed by atoms with Crippen LogP contribution in [-0.2, 0) is 9.59 Å². The van der Waals surface area contributed by atoms with E-state index in [1.54, 1.807) is 24.3 Å². The molecule has 0 fully saturated rings. The molecule has 0 unspecified atom stereocenters. The second-order valence-corrected chi connectivity index (χ2v) is 7.37. The van der Waals surface area contributed by atoms with E-state index in [2.05, 4.69) is 10.5 Å². The van der Waals surface area contributed by atoms with Gasteiger partial charge >= 0.3 is 0 Å². The second-order valence-electron chi connectivity index (χ2n) is 6.28. The normalized spacial score (nSPS) is 12.3. The molecule has 1 atom stereocenters. The predicted octanol–water partition coefficient (Wildman–Crippen LogP) is 2.58. The van der Waals surface area contributed by atoms with E-state index in [0.717, 1.165) is 5.56 Å². The van der Waals surface area contributed by atoms with Crippen molar-refractivity contribution in [1.82, 2.24) is 10.5 Å². The molecule has 9 heteroatoms. The topological polar surface area (TPSA) is 101 Å². The van der Waals surface area contributed by atoms with Crippen molar-refractivity contribution in [3.05, 3.63) is 36.5 Å². The Morgan fingerprint density at radius 2 is 2.04 bits per heavy atom. The minimum absolute atomic E-state index is 0.0105. The molecule has 2 aromatic rings. The number of carbonyl (C=O) groups is 2. The molecule has 0 aliphatic carbocycles. The minimum atomic E-state index is -1.23. The number of nitrogens with two attached hydrogens (primary N) is 1. The Labute approximate surface area is 167 Å². The van der Waals surface area contributed by atoms with Crippen LogP contribution in [0.5, 0.6) is 0 Å². The molecule has 1 aromatic heterocycles. The van der Waals surface area contributed by atoms with Gasteiger partial charge in [-0.05, 0) is 18.1 Å². The van der Waals surface area contributed by atoms with Crippen LogP contribution in [0, 0.1) is 5.92 Å². The fourth-order valence-corrected chi connectivity index (χ4v) is 2.62. The van der Waals surface area contributed by atoms with Gasteiger partial charge in [0.2, 0.25) is 5.91 Å². The molecule has 2 amide bonds. The predicted molar refractivity (Wildman–Crippen MR) is 106 cm³/mol. The third-order valence-corrected chi connectivity index (χ3v) is 4.36. The summed E-state index contributed by atoms with van der Waals surface area (Å²) >= 11 is 11.6. The van der Waals surface area contributed by atoms with E-state index in [1.165, 1.54) is 11.1 Å². The summed E-state index contributed by atoms with van der Waals surface area (Å²) in [6.45, 7) is 4.12. The standard InChI is InChI=1S/C18H22Cl2N4O3/c1-11(2)15(21)17(25)22-8-9-24(18(26)16(19)20)13-5-3-4-12(10-13)14-6-7-23-27-14/h3-7,10-11,15-16H,8-9,21H2,1-2H3,(H,22,25)/t15-/m0/s1. The number of hydrogen-bond donors (Lipinski definition) is 2. The van der Waals surface area contributed by atoms with Crippen molar-refractivity contribution >= 4 is 40.7 Å². The van der Waals surface area contributed by atoms with Crippen LogP contribution in [0.3, 0.4) is 0 Å². The van der Waals surface area contributed by atoms with Gasteiger partial charge in [-0.2, -0.15) is 0 Å². The molecule has 1 aromatic carbocycles. The van der Waals surface area contributed by atoms with Crippen molar-refractivity contribution < 1.29 is 14.1 Å². The molecule has 1 heterocycles. The lowest BCUT2D eigenvalue weighted by Gasteiger charge is -2.24. The second kappa shape index (κ2) is 9.73. The number of aromatic nitrogens is 1. The first kappa shape index (κ1) is 21.2. The van der Waals surface area contributed by atoms with Crippen LogP contribution in [0.4, 0.5) is 5.69 Å². The third-order valence-electron chi connectivity index (χ3n) is 3.99. The van der Waals surface area contributed by atoms with Crippen molar-refractivity contribution in [2.45, 2.75) is 24.7 Å². The highest BCUT2D eigenvalue weighted by atomic mass is 35.5. The molecule has 7 nitrogen and oxygen atoms in total. The van der Waals surface area contributed by atoms with Crippen molar-refractivity contribution in [3.63, 3.8) is 0 Å². The van der Waals surface area contributed by atoms with Gasteiger partial charge in [0.05, 0.1) is 12.2 Å². The monoisotopic (exact) mass is 412 g/mol. The van der Waals surface area contributed by atoms with E-state index in [-0.39, 0.29) is 24.9 Å². The molecule has 0 radical (unpaired) electrons. The molecule has 0 aliphatic rings. The zero-order valence-corrected chi connectivity index (χ0v) is 16.6. The quantitative estimate of drug-likeness (QED) is 0.648. The van der Waals surface area contributed by atoms with Crippen LogP contribution >= 0.6 is 23.2 Å². The van der Waals surface area contributed by atoms with Gasteiger partial charge in [-0.3, -0.25) is 9.59 Å². The van der Waals surface area contributed by atoms with Crippen molar-refractivity contribution in [3.8, 4) is 11.3 Å². The molecule has 2 rings (SSSR count). The maximum absolute atomic E-state index is 12.4. The van der Waals surface area contributed by atoms with Gasteiger partial charge in [-0.25, -0.2) is 0 Å². The van der Waals surface area contributed by atoms with Crippen LogP contribution in [0.25, 0.3) is 11.3 Å². The Morgan fingerprint density at radius 1 is 1.30 bits per heavy atom. The maximum atomic E-state index is 12.4. The number of halogens is 2. The first-order chi connectivity index (χ1) is 12.8. The summed E-state index contributed by atoms with van der Waals surface area (Å²) in [5.41, 5.74) is 7.14. The Bertz CT molecular complexity index is 766. The lowest BCUT2D eigenvalue weighted by atomic mass is 10.1. The highest BCUT2D eigenvalue weighted by Crippen LogP contribution is 2.25. The molecule has 27 heavy (non-hydrogen) atoms. The molecule has 0 spiro atoms. The summed E-state index contributed by atoms with van der Waals surface area (Å²) in [6, 6.07) is 8.21. The van der Waals surface area contributed by atoms with E-state index in [9.17, 15) is 9.59 Å². The van der Waals surface area contributed by atoms with Gasteiger partial charge < -0.3 is 20.5 Å².